The molecule has 0 unspecified atom stereocenters. The largest absolute Gasteiger partial charge is 0.419 e. The van der Waals surface area contributed by atoms with Crippen LogP contribution in [0.25, 0.3) is 11.5 Å². The first-order valence-electron chi connectivity index (χ1n) is 8.12. The molecule has 122 valence electrons. The van der Waals surface area contributed by atoms with Gasteiger partial charge in [-0.25, -0.2) is 0 Å². The molecule has 0 amide bonds. The summed E-state index contributed by atoms with van der Waals surface area (Å²) in [7, 11) is 0. The highest BCUT2D eigenvalue weighted by Gasteiger charge is 2.15. The van der Waals surface area contributed by atoms with Crippen LogP contribution >= 0.6 is 0 Å². The molecule has 5 nitrogen and oxygen atoms in total. The standard InChI is InChI=1S/C18H24N4O/c1-4-22(5-2)12-8-11-20-18-16(13-19)21-17(23-18)15-10-7-6-9-14(15)3/h6-7,9-10,20H,4-5,8,11-12H2,1-3H3. The second-order valence-corrected chi connectivity index (χ2v) is 5.43. The van der Waals surface area contributed by atoms with Gasteiger partial charge in [-0.2, -0.15) is 10.2 Å². The normalized spacial score (nSPS) is 10.7. The zero-order chi connectivity index (χ0) is 16.7. The number of anilines is 1. The van der Waals surface area contributed by atoms with Crippen LogP contribution < -0.4 is 5.32 Å². The minimum Gasteiger partial charge on any atom is -0.419 e. The third-order valence-electron chi connectivity index (χ3n) is 3.94. The van der Waals surface area contributed by atoms with Crippen LogP contribution in [0, 0.1) is 18.3 Å². The molecule has 1 aromatic heterocycles. The van der Waals surface area contributed by atoms with Crippen LogP contribution in [0.2, 0.25) is 0 Å². The van der Waals surface area contributed by atoms with Crippen molar-refractivity contribution in [2.75, 3.05) is 31.5 Å². The number of benzene rings is 1. The lowest BCUT2D eigenvalue weighted by Gasteiger charge is -2.17. The smallest absolute Gasteiger partial charge is 0.232 e. The summed E-state index contributed by atoms with van der Waals surface area (Å²) in [6.45, 7) is 10.2. The lowest BCUT2D eigenvalue weighted by Crippen LogP contribution is -2.25. The second-order valence-electron chi connectivity index (χ2n) is 5.43. The molecule has 2 aromatic rings. The van der Waals surface area contributed by atoms with Crippen molar-refractivity contribution in [3.63, 3.8) is 0 Å². The fourth-order valence-corrected chi connectivity index (χ4v) is 2.49. The van der Waals surface area contributed by atoms with Gasteiger partial charge in [0, 0.05) is 12.1 Å². The SMILES string of the molecule is CCN(CC)CCCNc1oc(-c2ccccc2C)nc1C#N. The summed E-state index contributed by atoms with van der Waals surface area (Å²) in [4.78, 5) is 6.67. The molecule has 23 heavy (non-hydrogen) atoms. The van der Waals surface area contributed by atoms with Crippen molar-refractivity contribution in [2.45, 2.75) is 27.2 Å². The Kier molecular flexibility index (Phi) is 6.19. The Labute approximate surface area is 137 Å². The van der Waals surface area contributed by atoms with Crippen LogP contribution in [-0.2, 0) is 0 Å². The molecule has 0 bridgehead atoms. The topological polar surface area (TPSA) is 65.1 Å². The minimum atomic E-state index is 0.311. The number of nitrogens with one attached hydrogen (secondary N) is 1. The van der Waals surface area contributed by atoms with Gasteiger partial charge in [0.1, 0.15) is 6.07 Å². The Morgan fingerprint density at radius 3 is 2.65 bits per heavy atom. The molecule has 0 fully saturated rings. The van der Waals surface area contributed by atoms with Crippen molar-refractivity contribution in [3.8, 4) is 17.5 Å². The Bertz CT molecular complexity index is 668. The summed E-state index contributed by atoms with van der Waals surface area (Å²) in [6, 6.07) is 9.96. The fraction of sp³-hybridized carbons (Fsp3) is 0.444. The van der Waals surface area contributed by atoms with E-state index in [0.717, 1.165) is 43.7 Å². The average Bonchev–Trinajstić information content (AvgIpc) is 2.98. The maximum atomic E-state index is 9.25. The van der Waals surface area contributed by atoms with Gasteiger partial charge in [0.15, 0.2) is 0 Å². The average molecular weight is 312 g/mol. The highest BCUT2D eigenvalue weighted by Crippen LogP contribution is 2.27. The summed E-state index contributed by atoms with van der Waals surface area (Å²) >= 11 is 0. The predicted molar refractivity (Wildman–Crippen MR) is 92.3 cm³/mol. The van der Waals surface area contributed by atoms with Gasteiger partial charge in [-0.15, -0.1) is 0 Å². The van der Waals surface area contributed by atoms with Crippen molar-refractivity contribution in [3.05, 3.63) is 35.5 Å². The molecule has 0 aliphatic carbocycles. The molecule has 0 radical (unpaired) electrons. The number of hydrogen-bond donors (Lipinski definition) is 1. The van der Waals surface area contributed by atoms with Crippen molar-refractivity contribution < 1.29 is 4.42 Å². The van der Waals surface area contributed by atoms with E-state index in [2.05, 4.69) is 35.1 Å². The Hall–Kier alpha value is -2.32. The maximum Gasteiger partial charge on any atom is 0.232 e. The Morgan fingerprint density at radius 1 is 1.26 bits per heavy atom. The van der Waals surface area contributed by atoms with E-state index in [1.165, 1.54) is 0 Å². The summed E-state index contributed by atoms with van der Waals surface area (Å²) in [6.07, 6.45) is 0.993. The van der Waals surface area contributed by atoms with Crippen molar-refractivity contribution in [1.29, 1.82) is 5.26 Å². The molecule has 0 aliphatic rings. The third kappa shape index (κ3) is 4.33. The zero-order valence-corrected chi connectivity index (χ0v) is 14.1. The number of rotatable bonds is 8. The van der Waals surface area contributed by atoms with Crippen molar-refractivity contribution in [1.82, 2.24) is 9.88 Å². The van der Waals surface area contributed by atoms with Gasteiger partial charge in [0.2, 0.25) is 17.5 Å². The Balaban J connectivity index is 2.03. The molecular weight excluding hydrogens is 288 g/mol. The van der Waals surface area contributed by atoms with Gasteiger partial charge < -0.3 is 14.6 Å². The number of hydrogen-bond acceptors (Lipinski definition) is 5. The van der Waals surface area contributed by atoms with Gasteiger partial charge in [-0.3, -0.25) is 0 Å². The quantitative estimate of drug-likeness (QED) is 0.753. The number of nitriles is 1. The second kappa shape index (κ2) is 8.35. The molecule has 1 N–H and O–H groups in total. The monoisotopic (exact) mass is 312 g/mol. The van der Waals surface area contributed by atoms with E-state index in [0.29, 0.717) is 17.5 Å². The van der Waals surface area contributed by atoms with Crippen LogP contribution in [0.4, 0.5) is 5.88 Å². The molecule has 1 heterocycles. The maximum absolute atomic E-state index is 9.25. The molecular formula is C18H24N4O. The number of oxazole rings is 1. The summed E-state index contributed by atoms with van der Waals surface area (Å²) in [5.74, 6) is 0.955. The predicted octanol–water partition coefficient (Wildman–Crippen LogP) is 3.67. The lowest BCUT2D eigenvalue weighted by molar-refractivity contribution is 0.302. The summed E-state index contributed by atoms with van der Waals surface area (Å²) in [5.41, 5.74) is 2.30. The van der Waals surface area contributed by atoms with Crippen LogP contribution in [0.1, 0.15) is 31.5 Å². The third-order valence-corrected chi connectivity index (χ3v) is 3.94. The highest BCUT2D eigenvalue weighted by molar-refractivity contribution is 5.62. The zero-order valence-electron chi connectivity index (χ0n) is 14.1. The van der Waals surface area contributed by atoms with Crippen LogP contribution in [-0.4, -0.2) is 36.1 Å². The summed E-state index contributed by atoms with van der Waals surface area (Å²) < 4.78 is 5.77. The number of aromatic nitrogens is 1. The molecule has 2 rings (SSSR count). The van der Waals surface area contributed by atoms with Crippen LogP contribution in [0.5, 0.6) is 0 Å². The van der Waals surface area contributed by atoms with E-state index >= 15 is 0 Å². The van der Waals surface area contributed by atoms with Crippen LogP contribution in [0.15, 0.2) is 28.7 Å². The fourth-order valence-electron chi connectivity index (χ4n) is 2.49. The van der Waals surface area contributed by atoms with E-state index in [4.69, 9.17) is 4.42 Å². The van der Waals surface area contributed by atoms with E-state index in [-0.39, 0.29) is 0 Å². The first-order valence-corrected chi connectivity index (χ1v) is 8.12. The molecule has 0 spiro atoms. The molecule has 5 heteroatoms. The van der Waals surface area contributed by atoms with E-state index in [1.54, 1.807) is 0 Å². The first kappa shape index (κ1) is 17.0. The molecule has 0 atom stereocenters. The molecule has 0 aliphatic heterocycles. The molecule has 0 saturated carbocycles. The van der Waals surface area contributed by atoms with E-state index in [1.807, 2.05) is 31.2 Å². The minimum absolute atomic E-state index is 0.311. The Morgan fingerprint density at radius 2 is 2.00 bits per heavy atom. The van der Waals surface area contributed by atoms with Crippen molar-refractivity contribution >= 4 is 5.88 Å². The lowest BCUT2D eigenvalue weighted by atomic mass is 10.1. The molecule has 0 saturated heterocycles. The van der Waals surface area contributed by atoms with Gasteiger partial charge in [-0.1, -0.05) is 32.0 Å². The van der Waals surface area contributed by atoms with E-state index in [9.17, 15) is 5.26 Å². The first-order chi connectivity index (χ1) is 11.2. The highest BCUT2D eigenvalue weighted by atomic mass is 16.4. The number of nitrogens with zero attached hydrogens (tertiary/aromatic N) is 3. The van der Waals surface area contributed by atoms with Gasteiger partial charge in [0.05, 0.1) is 0 Å². The van der Waals surface area contributed by atoms with E-state index < -0.39 is 0 Å². The van der Waals surface area contributed by atoms with Gasteiger partial charge in [-0.05, 0) is 44.6 Å². The van der Waals surface area contributed by atoms with Crippen molar-refractivity contribution in [2.24, 2.45) is 0 Å². The summed E-state index contributed by atoms with van der Waals surface area (Å²) in [5, 5.41) is 12.4. The van der Waals surface area contributed by atoms with Gasteiger partial charge in [0.25, 0.3) is 0 Å². The van der Waals surface area contributed by atoms with Gasteiger partial charge >= 0.3 is 0 Å². The van der Waals surface area contributed by atoms with Crippen LogP contribution in [0.3, 0.4) is 0 Å². The number of aryl methyl sites for hydroxylation is 1. The molecule has 1 aromatic carbocycles.